The summed E-state index contributed by atoms with van der Waals surface area (Å²) in [6, 6.07) is 10.8. The Morgan fingerprint density at radius 2 is 2.00 bits per heavy atom. The highest BCUT2D eigenvalue weighted by molar-refractivity contribution is 7.13. The number of hydrazone groups is 1. The van der Waals surface area contributed by atoms with Crippen molar-refractivity contribution in [3.8, 4) is 11.5 Å². The molecule has 2 aromatic carbocycles. The lowest BCUT2D eigenvalue weighted by Crippen LogP contribution is -2.01. The molecule has 0 saturated carbocycles. The quantitative estimate of drug-likeness (QED) is 0.387. The summed E-state index contributed by atoms with van der Waals surface area (Å²) in [5.41, 5.74) is 5.65. The van der Waals surface area contributed by atoms with Crippen LogP contribution in [0.4, 0.5) is 5.13 Å². The van der Waals surface area contributed by atoms with Crippen LogP contribution in [0.5, 0.6) is 11.5 Å². The third kappa shape index (κ3) is 5.35. The van der Waals surface area contributed by atoms with Crippen LogP contribution >= 0.6 is 34.5 Å². The van der Waals surface area contributed by atoms with Gasteiger partial charge >= 0.3 is 0 Å². The second-order valence-corrected chi connectivity index (χ2v) is 7.30. The second kappa shape index (κ2) is 9.08. The number of halogens is 2. The molecule has 3 rings (SSSR count). The molecule has 0 aliphatic heterocycles. The molecule has 0 saturated heterocycles. The van der Waals surface area contributed by atoms with E-state index in [0.717, 1.165) is 27.7 Å². The SMILES string of the molecule is COc1ccc(C=NNc2nc(C)cs2)cc1COc1ccc(Cl)cc1Cl. The van der Waals surface area contributed by atoms with Gasteiger partial charge in [0.25, 0.3) is 0 Å². The highest BCUT2D eigenvalue weighted by Gasteiger charge is 2.08. The maximum atomic E-state index is 6.15. The average Bonchev–Trinajstić information content (AvgIpc) is 3.06. The topological polar surface area (TPSA) is 55.7 Å². The first-order valence-corrected chi connectivity index (χ1v) is 9.64. The van der Waals surface area contributed by atoms with Crippen LogP contribution in [0.3, 0.4) is 0 Å². The van der Waals surface area contributed by atoms with Crippen molar-refractivity contribution in [3.63, 3.8) is 0 Å². The minimum Gasteiger partial charge on any atom is -0.496 e. The van der Waals surface area contributed by atoms with Gasteiger partial charge in [-0.1, -0.05) is 23.2 Å². The lowest BCUT2D eigenvalue weighted by molar-refractivity contribution is 0.297. The number of aromatic nitrogens is 1. The monoisotopic (exact) mass is 421 g/mol. The first kappa shape index (κ1) is 19.5. The summed E-state index contributed by atoms with van der Waals surface area (Å²) in [4.78, 5) is 4.30. The summed E-state index contributed by atoms with van der Waals surface area (Å²) in [7, 11) is 1.62. The van der Waals surface area contributed by atoms with Gasteiger partial charge < -0.3 is 9.47 Å². The number of hydrogen-bond acceptors (Lipinski definition) is 6. The molecule has 0 aliphatic carbocycles. The first-order valence-electron chi connectivity index (χ1n) is 8.01. The van der Waals surface area contributed by atoms with Crippen LogP contribution in [0.2, 0.25) is 10.0 Å². The summed E-state index contributed by atoms with van der Waals surface area (Å²) in [5, 5.41) is 7.95. The molecule has 0 radical (unpaired) electrons. The predicted octanol–water partition coefficient (Wildman–Crippen LogP) is 5.79. The third-order valence-corrected chi connectivity index (χ3v) is 4.97. The van der Waals surface area contributed by atoms with Crippen LogP contribution in [-0.4, -0.2) is 18.3 Å². The Bertz CT molecular complexity index is 960. The molecule has 0 bridgehead atoms. The number of ether oxygens (including phenoxy) is 2. The summed E-state index contributed by atoms with van der Waals surface area (Å²) in [5.74, 6) is 1.28. The Morgan fingerprint density at radius 3 is 2.70 bits per heavy atom. The zero-order chi connectivity index (χ0) is 19.2. The van der Waals surface area contributed by atoms with Gasteiger partial charge in [0.15, 0.2) is 0 Å². The fourth-order valence-corrected chi connectivity index (χ4v) is 3.41. The minimum absolute atomic E-state index is 0.297. The summed E-state index contributed by atoms with van der Waals surface area (Å²) in [6.07, 6.45) is 1.72. The molecule has 0 atom stereocenters. The summed E-state index contributed by atoms with van der Waals surface area (Å²) >= 11 is 13.6. The minimum atomic E-state index is 0.297. The molecule has 1 N–H and O–H groups in total. The number of hydrogen-bond donors (Lipinski definition) is 1. The Labute approximate surface area is 171 Å². The van der Waals surface area contributed by atoms with Crippen molar-refractivity contribution >= 4 is 45.9 Å². The second-order valence-electron chi connectivity index (χ2n) is 5.60. The number of nitrogens with one attached hydrogen (secondary N) is 1. The fraction of sp³-hybridized carbons (Fsp3) is 0.158. The van der Waals surface area contributed by atoms with Gasteiger partial charge in [-0.2, -0.15) is 5.10 Å². The van der Waals surface area contributed by atoms with E-state index >= 15 is 0 Å². The zero-order valence-corrected chi connectivity index (χ0v) is 17.0. The van der Waals surface area contributed by atoms with Crippen molar-refractivity contribution in [2.24, 2.45) is 5.10 Å². The van der Waals surface area contributed by atoms with Crippen LogP contribution in [-0.2, 0) is 6.61 Å². The van der Waals surface area contributed by atoms with Crippen LogP contribution < -0.4 is 14.9 Å². The molecule has 8 heteroatoms. The molecule has 0 amide bonds. The summed E-state index contributed by atoms with van der Waals surface area (Å²) in [6.45, 7) is 2.24. The van der Waals surface area contributed by atoms with Crippen molar-refractivity contribution in [3.05, 3.63) is 68.6 Å². The number of nitrogens with zero attached hydrogens (tertiary/aromatic N) is 2. The molecule has 5 nitrogen and oxygen atoms in total. The first-order chi connectivity index (χ1) is 13.0. The molecular formula is C19H17Cl2N3O2S. The Hall–Kier alpha value is -2.28. The lowest BCUT2D eigenvalue weighted by atomic mass is 10.1. The van der Waals surface area contributed by atoms with Gasteiger partial charge in [0.2, 0.25) is 5.13 Å². The van der Waals surface area contributed by atoms with Crippen molar-refractivity contribution in [1.29, 1.82) is 0 Å². The van der Waals surface area contributed by atoms with Gasteiger partial charge in [0, 0.05) is 16.0 Å². The molecule has 1 heterocycles. The normalized spacial score (nSPS) is 11.0. The van der Waals surface area contributed by atoms with E-state index in [4.69, 9.17) is 32.7 Å². The van der Waals surface area contributed by atoms with E-state index < -0.39 is 0 Å². The van der Waals surface area contributed by atoms with Crippen LogP contribution in [0.25, 0.3) is 0 Å². The molecule has 0 fully saturated rings. The lowest BCUT2D eigenvalue weighted by Gasteiger charge is -2.12. The largest absolute Gasteiger partial charge is 0.496 e. The molecule has 1 aromatic heterocycles. The van der Waals surface area contributed by atoms with Gasteiger partial charge in [-0.25, -0.2) is 4.98 Å². The molecule has 0 unspecified atom stereocenters. The maximum Gasteiger partial charge on any atom is 0.203 e. The highest BCUT2D eigenvalue weighted by atomic mass is 35.5. The Balaban J connectivity index is 1.70. The number of anilines is 1. The average molecular weight is 422 g/mol. The van der Waals surface area contributed by atoms with E-state index in [-0.39, 0.29) is 0 Å². The van der Waals surface area contributed by atoms with Gasteiger partial charge in [0.05, 0.1) is 24.0 Å². The van der Waals surface area contributed by atoms with Gasteiger partial charge in [0.1, 0.15) is 18.1 Å². The molecular weight excluding hydrogens is 405 g/mol. The summed E-state index contributed by atoms with van der Waals surface area (Å²) < 4.78 is 11.2. The molecule has 0 spiro atoms. The Kier molecular flexibility index (Phi) is 6.55. The molecule has 0 aliphatic rings. The van der Waals surface area contributed by atoms with Gasteiger partial charge in [-0.3, -0.25) is 5.43 Å². The number of aryl methyl sites for hydroxylation is 1. The number of rotatable bonds is 7. The van der Waals surface area contributed by atoms with Gasteiger partial charge in [-0.05, 0) is 48.9 Å². The van der Waals surface area contributed by atoms with Crippen molar-refractivity contribution in [2.45, 2.75) is 13.5 Å². The van der Waals surface area contributed by atoms with E-state index in [1.165, 1.54) is 11.3 Å². The molecule has 27 heavy (non-hydrogen) atoms. The number of thiazole rings is 1. The van der Waals surface area contributed by atoms with E-state index in [1.54, 1.807) is 31.5 Å². The van der Waals surface area contributed by atoms with E-state index in [1.807, 2.05) is 30.5 Å². The maximum absolute atomic E-state index is 6.15. The number of benzene rings is 2. The van der Waals surface area contributed by atoms with E-state index in [2.05, 4.69) is 15.5 Å². The fourth-order valence-electron chi connectivity index (χ4n) is 2.31. The number of methoxy groups -OCH3 is 1. The molecule has 3 aromatic rings. The van der Waals surface area contributed by atoms with Crippen LogP contribution in [0, 0.1) is 6.92 Å². The van der Waals surface area contributed by atoms with E-state index in [0.29, 0.717) is 22.4 Å². The van der Waals surface area contributed by atoms with Gasteiger partial charge in [-0.15, -0.1) is 11.3 Å². The molecule has 140 valence electrons. The van der Waals surface area contributed by atoms with Crippen molar-refractivity contribution in [1.82, 2.24) is 4.98 Å². The van der Waals surface area contributed by atoms with Crippen molar-refractivity contribution in [2.75, 3.05) is 12.5 Å². The van der Waals surface area contributed by atoms with Crippen LogP contribution in [0.1, 0.15) is 16.8 Å². The predicted molar refractivity (Wildman–Crippen MR) is 112 cm³/mol. The smallest absolute Gasteiger partial charge is 0.203 e. The Morgan fingerprint density at radius 1 is 1.19 bits per heavy atom. The zero-order valence-electron chi connectivity index (χ0n) is 14.7. The third-order valence-electron chi connectivity index (χ3n) is 3.57. The van der Waals surface area contributed by atoms with Crippen molar-refractivity contribution < 1.29 is 9.47 Å². The van der Waals surface area contributed by atoms with E-state index in [9.17, 15) is 0 Å². The van der Waals surface area contributed by atoms with Crippen LogP contribution in [0.15, 0.2) is 46.9 Å². The standard InChI is InChI=1S/C19H17Cl2N3O2S/c1-12-11-27-19(23-12)24-22-9-13-3-5-17(25-2)14(7-13)10-26-18-6-4-15(20)8-16(18)21/h3-9,11H,10H2,1-2H3,(H,23,24). The highest BCUT2D eigenvalue weighted by Crippen LogP contribution is 2.29.